The molecule has 0 radical (unpaired) electrons. The SMILES string of the molecule is CCc1ccccc1N1C(=O)NC(=O)/C(=C\c2c(Br)c(C)n(-c3ccc(Br)cc3)c2C)C1=O. The highest BCUT2D eigenvalue weighted by molar-refractivity contribution is 9.10. The number of aryl methyl sites for hydroxylation is 1. The molecule has 1 aliphatic heterocycles. The van der Waals surface area contributed by atoms with E-state index in [-0.39, 0.29) is 5.57 Å². The number of urea groups is 1. The van der Waals surface area contributed by atoms with Gasteiger partial charge in [0.1, 0.15) is 5.57 Å². The molecule has 6 nitrogen and oxygen atoms in total. The zero-order chi connectivity index (χ0) is 23.9. The van der Waals surface area contributed by atoms with Gasteiger partial charge < -0.3 is 4.57 Å². The maximum atomic E-state index is 13.4. The molecule has 1 aromatic heterocycles. The van der Waals surface area contributed by atoms with Crippen LogP contribution in [0.5, 0.6) is 0 Å². The van der Waals surface area contributed by atoms with Crippen molar-refractivity contribution < 1.29 is 14.4 Å². The largest absolute Gasteiger partial charge is 0.335 e. The molecule has 1 N–H and O–H groups in total. The second kappa shape index (κ2) is 9.11. The second-order valence-electron chi connectivity index (χ2n) is 7.65. The zero-order valence-corrected chi connectivity index (χ0v) is 21.5. The molecule has 2 aromatic carbocycles. The van der Waals surface area contributed by atoms with Gasteiger partial charge in [0.2, 0.25) is 0 Å². The predicted molar refractivity (Wildman–Crippen MR) is 135 cm³/mol. The Labute approximate surface area is 208 Å². The standard InChI is InChI=1S/C25H21Br2N3O3/c1-4-16-7-5-6-8-21(16)30-24(32)20(23(31)28-25(30)33)13-19-14(2)29(15(3)22(19)27)18-11-9-17(26)10-12-18/h5-13H,4H2,1-3H3,(H,28,31,33)/b20-13+. The minimum Gasteiger partial charge on any atom is -0.317 e. The lowest BCUT2D eigenvalue weighted by atomic mass is 10.0. The Balaban J connectivity index is 1.82. The third-order valence-electron chi connectivity index (χ3n) is 5.70. The summed E-state index contributed by atoms with van der Waals surface area (Å²) in [6.07, 6.45) is 2.19. The van der Waals surface area contributed by atoms with Gasteiger partial charge in [-0.15, -0.1) is 0 Å². The fourth-order valence-corrected chi connectivity index (χ4v) is 4.86. The van der Waals surface area contributed by atoms with Crippen molar-refractivity contribution >= 4 is 61.5 Å². The summed E-state index contributed by atoms with van der Waals surface area (Å²) in [5.74, 6) is -1.36. The number of carbonyl (C=O) groups is 3. The van der Waals surface area contributed by atoms with E-state index in [0.29, 0.717) is 17.7 Å². The molecule has 3 aromatic rings. The molecule has 0 unspecified atom stereocenters. The van der Waals surface area contributed by atoms with E-state index in [4.69, 9.17) is 0 Å². The topological polar surface area (TPSA) is 71.4 Å². The maximum Gasteiger partial charge on any atom is 0.335 e. The van der Waals surface area contributed by atoms with Crippen molar-refractivity contribution in [3.05, 3.63) is 85.6 Å². The van der Waals surface area contributed by atoms with Crippen LogP contribution in [-0.2, 0) is 16.0 Å². The molecule has 4 rings (SSSR count). The van der Waals surface area contributed by atoms with E-state index in [1.165, 1.54) is 0 Å². The zero-order valence-electron chi connectivity index (χ0n) is 18.3. The van der Waals surface area contributed by atoms with Crippen LogP contribution in [0.25, 0.3) is 11.8 Å². The lowest BCUT2D eigenvalue weighted by Gasteiger charge is -2.28. The number of nitrogens with one attached hydrogen (secondary N) is 1. The summed E-state index contributed by atoms with van der Waals surface area (Å²) in [5, 5.41) is 2.31. The highest BCUT2D eigenvalue weighted by Crippen LogP contribution is 2.34. The number of nitrogens with zero attached hydrogens (tertiary/aromatic N) is 2. The molecule has 0 bridgehead atoms. The molecule has 0 atom stereocenters. The van der Waals surface area contributed by atoms with Crippen molar-refractivity contribution in [3.8, 4) is 5.69 Å². The van der Waals surface area contributed by atoms with Crippen LogP contribution < -0.4 is 10.2 Å². The van der Waals surface area contributed by atoms with Crippen LogP contribution in [-0.4, -0.2) is 22.4 Å². The van der Waals surface area contributed by atoms with Gasteiger partial charge in [-0.2, -0.15) is 0 Å². The molecule has 4 amide bonds. The van der Waals surface area contributed by atoms with Gasteiger partial charge in [-0.05, 0) is 78.2 Å². The Morgan fingerprint density at radius 2 is 1.61 bits per heavy atom. The van der Waals surface area contributed by atoms with E-state index in [9.17, 15) is 14.4 Å². The van der Waals surface area contributed by atoms with Gasteiger partial charge in [0.15, 0.2) is 0 Å². The lowest BCUT2D eigenvalue weighted by molar-refractivity contribution is -0.122. The first-order chi connectivity index (χ1) is 15.7. The van der Waals surface area contributed by atoms with Gasteiger partial charge in [0.25, 0.3) is 11.8 Å². The summed E-state index contributed by atoms with van der Waals surface area (Å²) < 4.78 is 3.79. The Kier molecular flexibility index (Phi) is 6.41. The van der Waals surface area contributed by atoms with Crippen molar-refractivity contribution in [2.24, 2.45) is 0 Å². The quantitative estimate of drug-likeness (QED) is 0.316. The second-order valence-corrected chi connectivity index (χ2v) is 9.36. The number of anilines is 1. The average Bonchev–Trinajstić information content (AvgIpc) is 3.00. The molecule has 1 saturated heterocycles. The maximum absolute atomic E-state index is 13.4. The van der Waals surface area contributed by atoms with E-state index >= 15 is 0 Å². The van der Waals surface area contributed by atoms with Crippen LogP contribution in [0.1, 0.15) is 29.4 Å². The van der Waals surface area contributed by atoms with Crippen molar-refractivity contribution in [2.45, 2.75) is 27.2 Å². The number of amides is 4. The third-order valence-corrected chi connectivity index (χ3v) is 7.23. The number of benzene rings is 2. The molecule has 1 fully saturated rings. The monoisotopic (exact) mass is 569 g/mol. The third kappa shape index (κ3) is 4.09. The molecular formula is C25H21Br2N3O3. The van der Waals surface area contributed by atoms with Crippen molar-refractivity contribution in [1.29, 1.82) is 0 Å². The summed E-state index contributed by atoms with van der Waals surface area (Å²) in [4.78, 5) is 39.7. The molecular weight excluding hydrogens is 550 g/mol. The van der Waals surface area contributed by atoms with Crippen LogP contribution in [0.2, 0.25) is 0 Å². The molecule has 1 aliphatic rings. The number of para-hydroxylation sites is 1. The fourth-order valence-electron chi connectivity index (χ4n) is 4.02. The van der Waals surface area contributed by atoms with Crippen molar-refractivity contribution in [2.75, 3.05) is 4.90 Å². The van der Waals surface area contributed by atoms with Crippen LogP contribution in [0.4, 0.5) is 10.5 Å². The van der Waals surface area contributed by atoms with Gasteiger partial charge in [0, 0.05) is 31.6 Å². The number of halogens is 2. The summed E-state index contributed by atoms with van der Waals surface area (Å²) in [7, 11) is 0. The number of hydrogen-bond acceptors (Lipinski definition) is 3. The fraction of sp³-hybridized carbons (Fsp3) is 0.160. The number of aromatic nitrogens is 1. The Morgan fingerprint density at radius 3 is 2.27 bits per heavy atom. The van der Waals surface area contributed by atoms with Crippen molar-refractivity contribution in [1.82, 2.24) is 9.88 Å². The van der Waals surface area contributed by atoms with Gasteiger partial charge in [-0.25, -0.2) is 9.69 Å². The Morgan fingerprint density at radius 1 is 0.939 bits per heavy atom. The van der Waals surface area contributed by atoms with E-state index < -0.39 is 17.8 Å². The lowest BCUT2D eigenvalue weighted by Crippen LogP contribution is -2.54. The number of rotatable bonds is 4. The number of imide groups is 2. The summed E-state index contributed by atoms with van der Waals surface area (Å²) in [6.45, 7) is 5.82. The smallest absolute Gasteiger partial charge is 0.317 e. The first-order valence-electron chi connectivity index (χ1n) is 10.4. The average molecular weight is 571 g/mol. The summed E-state index contributed by atoms with van der Waals surface area (Å²) >= 11 is 7.08. The highest BCUT2D eigenvalue weighted by atomic mass is 79.9. The summed E-state index contributed by atoms with van der Waals surface area (Å²) in [6, 6.07) is 14.3. The molecule has 0 aliphatic carbocycles. The van der Waals surface area contributed by atoms with Gasteiger partial charge in [-0.1, -0.05) is 41.1 Å². The normalized spacial score (nSPS) is 15.4. The molecule has 2 heterocycles. The minimum absolute atomic E-state index is 0.0998. The first-order valence-corrected chi connectivity index (χ1v) is 12.0. The molecule has 0 saturated carbocycles. The van der Waals surface area contributed by atoms with Gasteiger partial charge in [0.05, 0.1) is 5.69 Å². The van der Waals surface area contributed by atoms with Crippen LogP contribution >= 0.6 is 31.9 Å². The van der Waals surface area contributed by atoms with Crippen molar-refractivity contribution in [3.63, 3.8) is 0 Å². The van der Waals surface area contributed by atoms with Crippen LogP contribution in [0.15, 0.2) is 63.0 Å². The Hall–Kier alpha value is -2.97. The summed E-state index contributed by atoms with van der Waals surface area (Å²) in [5.41, 5.74) is 4.64. The minimum atomic E-state index is -0.748. The van der Waals surface area contributed by atoms with E-state index in [0.717, 1.165) is 36.5 Å². The van der Waals surface area contributed by atoms with Gasteiger partial charge in [-0.3, -0.25) is 14.9 Å². The van der Waals surface area contributed by atoms with Crippen LogP contribution in [0, 0.1) is 13.8 Å². The first kappa shape index (κ1) is 23.2. The number of hydrogen-bond donors (Lipinski definition) is 1. The number of barbiturate groups is 1. The highest BCUT2D eigenvalue weighted by Gasteiger charge is 2.38. The van der Waals surface area contributed by atoms with E-state index in [1.807, 2.05) is 61.7 Å². The van der Waals surface area contributed by atoms with Gasteiger partial charge >= 0.3 is 6.03 Å². The number of carbonyl (C=O) groups excluding carboxylic acids is 3. The molecule has 33 heavy (non-hydrogen) atoms. The Bertz CT molecular complexity index is 1320. The van der Waals surface area contributed by atoms with E-state index in [2.05, 4.69) is 37.2 Å². The molecule has 8 heteroatoms. The predicted octanol–water partition coefficient (Wildman–Crippen LogP) is 5.85. The molecule has 0 spiro atoms. The molecule has 168 valence electrons. The van der Waals surface area contributed by atoms with Crippen LogP contribution in [0.3, 0.4) is 0 Å². The van der Waals surface area contributed by atoms with E-state index in [1.54, 1.807) is 18.2 Å².